The van der Waals surface area contributed by atoms with Gasteiger partial charge in [0.15, 0.2) is 0 Å². The molecule has 0 radical (unpaired) electrons. The number of aryl methyl sites for hydroxylation is 1. The van der Waals surface area contributed by atoms with Crippen molar-refractivity contribution in [3.63, 3.8) is 0 Å². The summed E-state index contributed by atoms with van der Waals surface area (Å²) in [5.74, 6) is 0. The first-order valence-electron chi connectivity index (χ1n) is 10.7. The number of hydrogen-bond donors (Lipinski definition) is 0. The maximum Gasteiger partial charge on any atom is 0.411 e. The predicted octanol–water partition coefficient (Wildman–Crippen LogP) is 6.43. The standard InChI is InChI=1S/C27H28N2O2/c1-4-14-27(25-8-6-5-7-9-25)15-16-29(26(30)31-27)21(3)22-10-12-23(13-11-22)24-17-20(2)18-28-19-24/h4-13,17-19,21H,1,14-16H2,2-3H3/t21-,27+/m0/s1. The van der Waals surface area contributed by atoms with Gasteiger partial charge in [0.1, 0.15) is 5.60 Å². The summed E-state index contributed by atoms with van der Waals surface area (Å²) in [6.07, 6.45) is 6.60. The van der Waals surface area contributed by atoms with Crippen LogP contribution in [0.4, 0.5) is 4.79 Å². The summed E-state index contributed by atoms with van der Waals surface area (Å²) in [7, 11) is 0. The zero-order valence-corrected chi connectivity index (χ0v) is 18.1. The highest BCUT2D eigenvalue weighted by Crippen LogP contribution is 2.39. The molecule has 158 valence electrons. The quantitative estimate of drug-likeness (QED) is 0.438. The van der Waals surface area contributed by atoms with E-state index in [0.717, 1.165) is 34.2 Å². The van der Waals surface area contributed by atoms with Crippen LogP contribution in [0.25, 0.3) is 11.1 Å². The molecular weight excluding hydrogens is 384 g/mol. The third kappa shape index (κ3) is 4.24. The van der Waals surface area contributed by atoms with Gasteiger partial charge >= 0.3 is 6.09 Å². The third-order valence-corrected chi connectivity index (χ3v) is 6.12. The van der Waals surface area contributed by atoms with Gasteiger partial charge in [-0.15, -0.1) is 6.58 Å². The highest BCUT2D eigenvalue weighted by atomic mass is 16.6. The van der Waals surface area contributed by atoms with E-state index in [1.165, 1.54) is 0 Å². The Balaban J connectivity index is 1.52. The van der Waals surface area contributed by atoms with E-state index < -0.39 is 5.60 Å². The van der Waals surface area contributed by atoms with Crippen LogP contribution < -0.4 is 0 Å². The van der Waals surface area contributed by atoms with E-state index in [1.54, 1.807) is 0 Å². The summed E-state index contributed by atoms with van der Waals surface area (Å²) in [4.78, 5) is 19.2. The maximum atomic E-state index is 13.1. The number of carbonyl (C=O) groups excluding carboxylic acids is 1. The number of aromatic nitrogens is 1. The molecule has 0 unspecified atom stereocenters. The van der Waals surface area contributed by atoms with Crippen molar-refractivity contribution in [2.75, 3.05) is 6.54 Å². The molecule has 3 aromatic rings. The Hall–Kier alpha value is -3.40. The molecule has 0 saturated carbocycles. The van der Waals surface area contributed by atoms with Gasteiger partial charge in [-0.1, -0.05) is 60.7 Å². The zero-order valence-electron chi connectivity index (χ0n) is 18.1. The van der Waals surface area contributed by atoms with Gasteiger partial charge in [0.25, 0.3) is 0 Å². The molecule has 2 heterocycles. The molecule has 0 aliphatic carbocycles. The van der Waals surface area contributed by atoms with E-state index in [9.17, 15) is 4.79 Å². The van der Waals surface area contributed by atoms with E-state index in [0.29, 0.717) is 13.0 Å². The first kappa shape index (κ1) is 20.9. The lowest BCUT2D eigenvalue weighted by atomic mass is 9.85. The molecule has 2 atom stereocenters. The monoisotopic (exact) mass is 412 g/mol. The second-order valence-corrected chi connectivity index (χ2v) is 8.21. The van der Waals surface area contributed by atoms with E-state index in [2.05, 4.69) is 41.9 Å². The van der Waals surface area contributed by atoms with E-state index >= 15 is 0 Å². The second kappa shape index (κ2) is 8.76. The summed E-state index contributed by atoms with van der Waals surface area (Å²) >= 11 is 0. The van der Waals surface area contributed by atoms with E-state index in [4.69, 9.17) is 4.74 Å². The van der Waals surface area contributed by atoms with Crippen LogP contribution in [0.5, 0.6) is 0 Å². The van der Waals surface area contributed by atoms with Crippen molar-refractivity contribution >= 4 is 6.09 Å². The topological polar surface area (TPSA) is 42.4 Å². The number of rotatable bonds is 6. The van der Waals surface area contributed by atoms with Gasteiger partial charge in [-0.25, -0.2) is 4.79 Å². The van der Waals surface area contributed by atoms with Crippen molar-refractivity contribution in [1.82, 2.24) is 9.88 Å². The predicted molar refractivity (Wildman–Crippen MR) is 124 cm³/mol. The molecule has 4 nitrogen and oxygen atoms in total. The largest absolute Gasteiger partial charge is 0.437 e. The molecular formula is C27H28N2O2. The van der Waals surface area contributed by atoms with Crippen LogP contribution >= 0.6 is 0 Å². The lowest BCUT2D eigenvalue weighted by molar-refractivity contribution is -0.0588. The summed E-state index contributed by atoms with van der Waals surface area (Å²) < 4.78 is 6.07. The molecule has 31 heavy (non-hydrogen) atoms. The molecule has 0 spiro atoms. The summed E-state index contributed by atoms with van der Waals surface area (Å²) in [5, 5.41) is 0. The Labute approximate surface area is 184 Å². The minimum absolute atomic E-state index is 0.0744. The van der Waals surface area contributed by atoms with Crippen LogP contribution in [0.1, 0.15) is 42.5 Å². The van der Waals surface area contributed by atoms with Gasteiger partial charge < -0.3 is 9.64 Å². The first-order chi connectivity index (χ1) is 15.0. The smallest absolute Gasteiger partial charge is 0.411 e. The van der Waals surface area contributed by atoms with Gasteiger partial charge in [0, 0.05) is 37.3 Å². The highest BCUT2D eigenvalue weighted by molar-refractivity contribution is 5.70. The molecule has 1 aromatic heterocycles. The molecule has 4 heteroatoms. The Morgan fingerprint density at radius 1 is 1.13 bits per heavy atom. The fraction of sp³-hybridized carbons (Fsp3) is 0.259. The fourth-order valence-corrected chi connectivity index (χ4v) is 4.31. The summed E-state index contributed by atoms with van der Waals surface area (Å²) in [6.45, 7) is 8.60. The minimum Gasteiger partial charge on any atom is -0.437 e. The molecule has 1 saturated heterocycles. The summed E-state index contributed by atoms with van der Waals surface area (Å²) in [5.41, 5.74) is 4.80. The van der Waals surface area contributed by atoms with E-state index in [-0.39, 0.29) is 12.1 Å². The van der Waals surface area contributed by atoms with Crippen LogP contribution in [0.3, 0.4) is 0 Å². The number of benzene rings is 2. The van der Waals surface area contributed by atoms with Crippen LogP contribution in [-0.4, -0.2) is 22.5 Å². The van der Waals surface area contributed by atoms with Gasteiger partial charge in [-0.3, -0.25) is 4.98 Å². The Kier molecular flexibility index (Phi) is 5.90. The average Bonchev–Trinajstić information content (AvgIpc) is 2.80. The van der Waals surface area contributed by atoms with Crippen molar-refractivity contribution in [3.8, 4) is 11.1 Å². The maximum absolute atomic E-state index is 13.1. The van der Waals surface area contributed by atoms with Crippen LogP contribution in [0, 0.1) is 6.92 Å². The number of cyclic esters (lactones) is 1. The molecule has 1 aliphatic heterocycles. The molecule has 0 N–H and O–H groups in total. The second-order valence-electron chi connectivity index (χ2n) is 8.21. The van der Waals surface area contributed by atoms with Crippen LogP contribution in [0.15, 0.2) is 85.7 Å². The molecule has 1 fully saturated rings. The molecule has 0 bridgehead atoms. The zero-order chi connectivity index (χ0) is 21.8. The Morgan fingerprint density at radius 3 is 2.52 bits per heavy atom. The van der Waals surface area contributed by atoms with Crippen molar-refractivity contribution in [3.05, 3.63) is 102 Å². The normalized spacial score (nSPS) is 19.5. The van der Waals surface area contributed by atoms with Gasteiger partial charge in [-0.05, 0) is 42.2 Å². The van der Waals surface area contributed by atoms with Crippen LogP contribution in [0.2, 0.25) is 0 Å². The number of nitrogens with zero attached hydrogens (tertiary/aromatic N) is 2. The third-order valence-electron chi connectivity index (χ3n) is 6.12. The SMILES string of the molecule is C=CC[C@]1(c2ccccc2)CCN([C@@H](C)c2ccc(-c3cncc(C)c3)cc2)C(=O)O1. The number of ether oxygens (including phenoxy) is 1. The van der Waals surface area contributed by atoms with Crippen molar-refractivity contribution < 1.29 is 9.53 Å². The van der Waals surface area contributed by atoms with E-state index in [1.807, 2.05) is 67.5 Å². The van der Waals surface area contributed by atoms with Crippen molar-refractivity contribution in [2.45, 2.75) is 38.3 Å². The molecule has 1 aliphatic rings. The van der Waals surface area contributed by atoms with Gasteiger partial charge in [0.05, 0.1) is 6.04 Å². The molecule has 1 amide bonds. The lowest BCUT2D eigenvalue weighted by Gasteiger charge is -2.43. The minimum atomic E-state index is -0.641. The first-order valence-corrected chi connectivity index (χ1v) is 10.7. The van der Waals surface area contributed by atoms with Gasteiger partial charge in [-0.2, -0.15) is 0 Å². The Morgan fingerprint density at radius 2 is 1.87 bits per heavy atom. The summed E-state index contributed by atoms with van der Waals surface area (Å²) in [6, 6.07) is 20.4. The van der Waals surface area contributed by atoms with Crippen molar-refractivity contribution in [1.29, 1.82) is 0 Å². The number of carbonyl (C=O) groups is 1. The number of pyridine rings is 1. The van der Waals surface area contributed by atoms with Gasteiger partial charge in [0.2, 0.25) is 0 Å². The Bertz CT molecular complexity index is 1060. The highest BCUT2D eigenvalue weighted by Gasteiger charge is 2.42. The number of amides is 1. The van der Waals surface area contributed by atoms with Crippen molar-refractivity contribution in [2.24, 2.45) is 0 Å². The molecule has 4 rings (SSSR count). The average molecular weight is 413 g/mol. The van der Waals surface area contributed by atoms with Crippen LogP contribution in [-0.2, 0) is 10.3 Å². The number of hydrogen-bond acceptors (Lipinski definition) is 3. The lowest BCUT2D eigenvalue weighted by Crippen LogP contribution is -2.48. The molecule has 2 aromatic carbocycles. The fourth-order valence-electron chi connectivity index (χ4n) is 4.31.